The van der Waals surface area contributed by atoms with Gasteiger partial charge in [-0.25, -0.2) is 9.59 Å². The van der Waals surface area contributed by atoms with E-state index < -0.39 is 23.0 Å². The number of benzene rings is 2. The number of carbonyl (C=O) groups excluding carboxylic acids is 2. The fourth-order valence-corrected chi connectivity index (χ4v) is 5.06. The molecule has 0 aliphatic heterocycles. The van der Waals surface area contributed by atoms with Gasteiger partial charge in [0.1, 0.15) is 5.78 Å². The minimum absolute atomic E-state index is 0.0930. The molecule has 2 aromatic heterocycles. The van der Waals surface area contributed by atoms with Crippen molar-refractivity contribution in [3.8, 4) is 0 Å². The Morgan fingerprint density at radius 2 is 1.29 bits per heavy atom. The number of aromatic amines is 2. The summed E-state index contributed by atoms with van der Waals surface area (Å²) in [5.41, 5.74) is -0.775. The van der Waals surface area contributed by atoms with E-state index in [-0.39, 0.29) is 36.8 Å². The quantitative estimate of drug-likeness (QED) is 0.191. The number of fused-ring (bicyclic) bond motifs is 2. The topological polar surface area (TPSA) is 159 Å². The largest absolute Gasteiger partial charge is 0.343 e. The maximum absolute atomic E-state index is 12.8. The summed E-state index contributed by atoms with van der Waals surface area (Å²) in [4.78, 5) is 81.8. The first kappa shape index (κ1) is 30.4. The van der Waals surface area contributed by atoms with Gasteiger partial charge in [0.2, 0.25) is 5.91 Å². The van der Waals surface area contributed by atoms with Gasteiger partial charge in [-0.15, -0.1) is 0 Å². The second-order valence-electron chi connectivity index (χ2n) is 10.3. The fourth-order valence-electron chi connectivity index (χ4n) is 5.06. The predicted molar refractivity (Wildman–Crippen MR) is 161 cm³/mol. The number of unbranched alkanes of at least 4 members (excludes halogenated alkanes) is 1. The molecule has 12 heteroatoms. The molecule has 4 aromatic rings. The number of hydrogen-bond acceptors (Lipinski definition) is 7. The summed E-state index contributed by atoms with van der Waals surface area (Å²) >= 11 is 0. The molecule has 0 saturated heterocycles. The zero-order valence-corrected chi connectivity index (χ0v) is 23.9. The van der Waals surface area contributed by atoms with Crippen molar-refractivity contribution >= 4 is 33.5 Å². The average molecular weight is 577 g/mol. The second-order valence-corrected chi connectivity index (χ2v) is 10.3. The maximum atomic E-state index is 12.8. The first-order valence-corrected chi connectivity index (χ1v) is 14.1. The SMILES string of the molecule is CC(=O)C(CCn1c(=O)[nH]c2ccccc2c1=O)NCCCCN(CCCn1c(=O)[nH]c2ccccc2c1=O)C(C)=O. The Balaban J connectivity index is 1.24. The first-order valence-electron chi connectivity index (χ1n) is 14.1. The van der Waals surface area contributed by atoms with Crippen LogP contribution in [-0.4, -0.2) is 61.4 Å². The molecule has 0 fully saturated rings. The van der Waals surface area contributed by atoms with Gasteiger partial charge >= 0.3 is 11.4 Å². The number of Topliss-reactive ketones (excluding diaryl/α,β-unsaturated/α-hetero) is 1. The van der Waals surface area contributed by atoms with Gasteiger partial charge in [-0.1, -0.05) is 24.3 Å². The number of nitrogens with zero attached hydrogens (tertiary/aromatic N) is 3. The van der Waals surface area contributed by atoms with Crippen LogP contribution in [0.15, 0.2) is 67.7 Å². The van der Waals surface area contributed by atoms with E-state index in [0.717, 1.165) is 9.13 Å². The lowest BCUT2D eigenvalue weighted by Gasteiger charge is -2.22. The van der Waals surface area contributed by atoms with Crippen molar-refractivity contribution in [1.82, 2.24) is 29.3 Å². The molecule has 4 rings (SSSR count). The summed E-state index contributed by atoms with van der Waals surface area (Å²) in [6.45, 7) is 4.63. The zero-order valence-electron chi connectivity index (χ0n) is 23.9. The number of H-pyrrole nitrogens is 2. The molecule has 1 unspecified atom stereocenters. The van der Waals surface area contributed by atoms with Crippen molar-refractivity contribution in [3.05, 3.63) is 90.2 Å². The molecule has 12 nitrogen and oxygen atoms in total. The molecule has 0 bridgehead atoms. The molecule has 2 heterocycles. The van der Waals surface area contributed by atoms with E-state index in [2.05, 4.69) is 15.3 Å². The van der Waals surface area contributed by atoms with Crippen LogP contribution >= 0.6 is 0 Å². The number of rotatable bonds is 14. The fraction of sp³-hybridized carbons (Fsp3) is 0.400. The van der Waals surface area contributed by atoms with Crippen molar-refractivity contribution in [3.63, 3.8) is 0 Å². The molecule has 0 spiro atoms. The molecular weight excluding hydrogens is 540 g/mol. The smallest absolute Gasteiger partial charge is 0.328 e. The summed E-state index contributed by atoms with van der Waals surface area (Å²) < 4.78 is 2.27. The van der Waals surface area contributed by atoms with Crippen LogP contribution in [0.4, 0.5) is 0 Å². The van der Waals surface area contributed by atoms with Crippen LogP contribution in [0.25, 0.3) is 21.8 Å². The van der Waals surface area contributed by atoms with Crippen molar-refractivity contribution in [2.45, 2.75) is 58.7 Å². The third-order valence-corrected chi connectivity index (χ3v) is 7.41. The molecule has 2 aromatic carbocycles. The highest BCUT2D eigenvalue weighted by molar-refractivity contribution is 5.81. The van der Waals surface area contributed by atoms with Crippen LogP contribution in [0.1, 0.15) is 39.5 Å². The minimum Gasteiger partial charge on any atom is -0.343 e. The van der Waals surface area contributed by atoms with Gasteiger partial charge in [0.25, 0.3) is 11.1 Å². The van der Waals surface area contributed by atoms with E-state index >= 15 is 0 Å². The van der Waals surface area contributed by atoms with Gasteiger partial charge in [0.05, 0.1) is 27.8 Å². The third kappa shape index (κ3) is 7.19. The molecule has 1 amide bonds. The van der Waals surface area contributed by atoms with Crippen LogP contribution in [-0.2, 0) is 22.7 Å². The van der Waals surface area contributed by atoms with Gasteiger partial charge in [0, 0.05) is 33.1 Å². The number of ketones is 1. The molecule has 0 radical (unpaired) electrons. The van der Waals surface area contributed by atoms with Crippen LogP contribution in [0, 0.1) is 0 Å². The van der Waals surface area contributed by atoms with Crippen molar-refractivity contribution in [1.29, 1.82) is 0 Å². The highest BCUT2D eigenvalue weighted by Gasteiger charge is 2.16. The van der Waals surface area contributed by atoms with Crippen molar-refractivity contribution in [2.24, 2.45) is 0 Å². The number of para-hydroxylation sites is 2. The van der Waals surface area contributed by atoms with Crippen molar-refractivity contribution < 1.29 is 9.59 Å². The highest BCUT2D eigenvalue weighted by atomic mass is 16.2. The van der Waals surface area contributed by atoms with E-state index in [0.29, 0.717) is 60.7 Å². The average Bonchev–Trinajstić information content (AvgIpc) is 2.96. The zero-order chi connectivity index (χ0) is 30.2. The Morgan fingerprint density at radius 1 is 0.762 bits per heavy atom. The molecule has 0 aliphatic rings. The Bertz CT molecular complexity index is 1820. The summed E-state index contributed by atoms with van der Waals surface area (Å²) in [5, 5.41) is 4.05. The lowest BCUT2D eigenvalue weighted by molar-refractivity contribution is -0.129. The summed E-state index contributed by atoms with van der Waals surface area (Å²) in [5.74, 6) is -0.195. The number of aromatic nitrogens is 4. The maximum Gasteiger partial charge on any atom is 0.328 e. The Labute approximate surface area is 241 Å². The molecule has 42 heavy (non-hydrogen) atoms. The van der Waals surface area contributed by atoms with E-state index in [1.54, 1.807) is 53.4 Å². The summed E-state index contributed by atoms with van der Waals surface area (Å²) in [6, 6.07) is 13.1. The van der Waals surface area contributed by atoms with Crippen LogP contribution in [0.2, 0.25) is 0 Å². The lowest BCUT2D eigenvalue weighted by Crippen LogP contribution is -2.41. The Kier molecular flexibility index (Phi) is 10.0. The molecule has 222 valence electrons. The van der Waals surface area contributed by atoms with Gasteiger partial charge < -0.3 is 20.2 Å². The molecule has 1 atom stereocenters. The van der Waals surface area contributed by atoms with E-state index in [1.165, 1.54) is 13.8 Å². The highest BCUT2D eigenvalue weighted by Crippen LogP contribution is 2.06. The monoisotopic (exact) mass is 576 g/mol. The van der Waals surface area contributed by atoms with Crippen LogP contribution in [0.3, 0.4) is 0 Å². The first-order chi connectivity index (χ1) is 20.2. The normalized spacial score (nSPS) is 12.0. The van der Waals surface area contributed by atoms with Gasteiger partial charge in [-0.2, -0.15) is 0 Å². The Morgan fingerprint density at radius 3 is 1.83 bits per heavy atom. The molecule has 0 saturated carbocycles. The summed E-state index contributed by atoms with van der Waals surface area (Å²) in [6.07, 6.45) is 2.09. The number of nitrogens with one attached hydrogen (secondary N) is 3. The van der Waals surface area contributed by atoms with Gasteiger partial charge in [-0.05, 0) is 63.4 Å². The third-order valence-electron chi connectivity index (χ3n) is 7.41. The van der Waals surface area contributed by atoms with E-state index in [4.69, 9.17) is 0 Å². The number of hydrogen-bond donors (Lipinski definition) is 3. The van der Waals surface area contributed by atoms with Crippen LogP contribution < -0.4 is 27.8 Å². The molecular formula is C30H36N6O6. The second kappa shape index (κ2) is 13.9. The van der Waals surface area contributed by atoms with E-state index in [1.807, 2.05) is 0 Å². The predicted octanol–water partition coefficient (Wildman–Crippen LogP) is 1.35. The standard InChI is InChI=1S/C30H36N6O6/c1-20(37)24(14-19-36-28(40)23-11-4-6-13-26(23)33-30(36)42)31-15-7-8-16-34(21(2)38)17-9-18-35-27(39)22-10-3-5-12-25(22)32-29(35)41/h3-6,10-13,24,31H,7-9,14-19H2,1-2H3,(H,32,41)(H,33,42). The molecule has 0 aliphatic carbocycles. The minimum atomic E-state index is -0.523. The van der Waals surface area contributed by atoms with Crippen molar-refractivity contribution in [2.75, 3.05) is 19.6 Å². The van der Waals surface area contributed by atoms with Gasteiger partial charge in [0.15, 0.2) is 0 Å². The number of amides is 1. The van der Waals surface area contributed by atoms with Crippen LogP contribution in [0.5, 0.6) is 0 Å². The Hall–Kier alpha value is -4.58. The lowest BCUT2D eigenvalue weighted by atomic mass is 10.1. The van der Waals surface area contributed by atoms with E-state index in [9.17, 15) is 28.8 Å². The molecule has 3 N–H and O–H groups in total. The number of carbonyl (C=O) groups is 2. The van der Waals surface area contributed by atoms with Gasteiger partial charge in [-0.3, -0.25) is 28.3 Å². The summed E-state index contributed by atoms with van der Waals surface area (Å²) in [7, 11) is 0.